The van der Waals surface area contributed by atoms with Gasteiger partial charge in [0, 0.05) is 56.9 Å². The molecule has 2 atom stereocenters. The smallest absolute Gasteiger partial charge is 0.113 e. The van der Waals surface area contributed by atoms with Gasteiger partial charge in [-0.1, -0.05) is 11.6 Å². The van der Waals surface area contributed by atoms with Crippen LogP contribution in [0.4, 0.5) is 4.39 Å². The molecule has 1 fully saturated rings. The molecule has 160 valence electrons. The van der Waals surface area contributed by atoms with Gasteiger partial charge in [-0.2, -0.15) is 0 Å². The van der Waals surface area contributed by atoms with Crippen molar-refractivity contribution in [3.8, 4) is 0 Å². The second kappa shape index (κ2) is 9.63. The lowest BCUT2D eigenvalue weighted by atomic mass is 10.0. The number of hydroxylamine groups is 2. The molecule has 3 rings (SSSR count). The Labute approximate surface area is 174 Å². The maximum absolute atomic E-state index is 13.8. The number of nitrogens with one attached hydrogen (secondary N) is 1. The van der Waals surface area contributed by atoms with Gasteiger partial charge in [0.2, 0.25) is 0 Å². The normalized spacial score (nSPS) is 27.0. The zero-order valence-corrected chi connectivity index (χ0v) is 18.4. The lowest BCUT2D eigenvalue weighted by Gasteiger charge is -2.33. The third-order valence-electron chi connectivity index (χ3n) is 5.72. The molecule has 3 aliphatic heterocycles. The van der Waals surface area contributed by atoms with Crippen LogP contribution in [-0.2, 0) is 4.84 Å². The predicted octanol–water partition coefficient (Wildman–Crippen LogP) is 3.72. The molecule has 6 heteroatoms. The summed E-state index contributed by atoms with van der Waals surface area (Å²) in [5.41, 5.74) is 5.68. The van der Waals surface area contributed by atoms with E-state index in [4.69, 9.17) is 4.84 Å². The van der Waals surface area contributed by atoms with E-state index in [9.17, 15) is 4.39 Å². The number of halogens is 1. The van der Waals surface area contributed by atoms with Crippen molar-refractivity contribution in [2.45, 2.75) is 45.9 Å². The Balaban J connectivity index is 1.82. The summed E-state index contributed by atoms with van der Waals surface area (Å²) in [4.78, 5) is 10.6. The van der Waals surface area contributed by atoms with Crippen LogP contribution in [0.3, 0.4) is 0 Å². The molecule has 5 nitrogen and oxygen atoms in total. The minimum atomic E-state index is -0.695. The summed E-state index contributed by atoms with van der Waals surface area (Å²) in [7, 11) is 4.02. The van der Waals surface area contributed by atoms with Crippen molar-refractivity contribution in [2.24, 2.45) is 0 Å². The average Bonchev–Trinajstić information content (AvgIpc) is 2.86. The molecule has 1 saturated heterocycles. The summed E-state index contributed by atoms with van der Waals surface area (Å²) in [5, 5.41) is 5.06. The summed E-state index contributed by atoms with van der Waals surface area (Å²) in [5.74, 6) is 0. The van der Waals surface area contributed by atoms with Gasteiger partial charge in [0.05, 0.1) is 5.70 Å². The van der Waals surface area contributed by atoms with Crippen LogP contribution in [-0.4, -0.2) is 67.4 Å². The highest BCUT2D eigenvalue weighted by atomic mass is 19.1. The molecule has 0 spiro atoms. The Morgan fingerprint density at radius 3 is 2.93 bits per heavy atom. The molecule has 0 aromatic heterocycles. The molecule has 2 unspecified atom stereocenters. The quantitative estimate of drug-likeness (QED) is 0.757. The number of allylic oxidation sites excluding steroid dienone is 3. The van der Waals surface area contributed by atoms with Gasteiger partial charge in [0.1, 0.15) is 12.3 Å². The van der Waals surface area contributed by atoms with Crippen LogP contribution in [0.15, 0.2) is 58.7 Å². The van der Waals surface area contributed by atoms with E-state index in [1.165, 1.54) is 11.3 Å². The molecular formula is C23H35FN4O. The van der Waals surface area contributed by atoms with E-state index in [0.717, 1.165) is 43.0 Å². The van der Waals surface area contributed by atoms with Crippen LogP contribution in [0, 0.1) is 0 Å². The first kappa shape index (κ1) is 21.7. The standard InChI is InChI=1S/C23H35FN4O/c1-17(15-27-10-6-7-20(24)16-27)13-22-19(3)26(5)11-9-23(22)28-12-8-21(25-4)14-18(2)29-28/h8-9,12-14,18,20,25H,6-7,10-11,15-16H2,1-5H3/b17-13+. The summed E-state index contributed by atoms with van der Waals surface area (Å²) >= 11 is 0. The Morgan fingerprint density at radius 2 is 2.21 bits per heavy atom. The van der Waals surface area contributed by atoms with Crippen molar-refractivity contribution < 1.29 is 9.23 Å². The maximum atomic E-state index is 13.8. The van der Waals surface area contributed by atoms with Gasteiger partial charge in [0.25, 0.3) is 0 Å². The lowest BCUT2D eigenvalue weighted by Crippen LogP contribution is -2.37. The van der Waals surface area contributed by atoms with E-state index >= 15 is 0 Å². The highest BCUT2D eigenvalue weighted by Crippen LogP contribution is 2.29. The number of rotatable bonds is 5. The largest absolute Gasteiger partial charge is 0.388 e. The molecule has 0 bridgehead atoms. The van der Waals surface area contributed by atoms with Crippen LogP contribution >= 0.6 is 0 Å². The van der Waals surface area contributed by atoms with Gasteiger partial charge >= 0.3 is 0 Å². The van der Waals surface area contributed by atoms with Crippen molar-refractivity contribution in [3.05, 3.63) is 58.7 Å². The summed E-state index contributed by atoms with van der Waals surface area (Å²) in [6.07, 6.45) is 11.4. The number of piperidine rings is 1. The number of alkyl halides is 1. The fourth-order valence-corrected chi connectivity index (χ4v) is 4.04. The van der Waals surface area contributed by atoms with E-state index in [-0.39, 0.29) is 6.10 Å². The Morgan fingerprint density at radius 1 is 1.41 bits per heavy atom. The number of hydrogen-bond acceptors (Lipinski definition) is 5. The Hall–Kier alpha value is -2.05. The number of likely N-dealkylation sites (tertiary alicyclic amines) is 1. The highest BCUT2D eigenvalue weighted by Gasteiger charge is 2.23. The van der Waals surface area contributed by atoms with Crippen LogP contribution < -0.4 is 5.32 Å². The molecule has 0 saturated carbocycles. The first-order valence-corrected chi connectivity index (χ1v) is 10.6. The topological polar surface area (TPSA) is 31.0 Å². The van der Waals surface area contributed by atoms with Crippen LogP contribution in [0.25, 0.3) is 0 Å². The zero-order valence-electron chi connectivity index (χ0n) is 18.4. The van der Waals surface area contributed by atoms with Gasteiger partial charge < -0.3 is 10.2 Å². The van der Waals surface area contributed by atoms with E-state index in [0.29, 0.717) is 13.0 Å². The third-order valence-corrected chi connectivity index (χ3v) is 5.72. The van der Waals surface area contributed by atoms with E-state index < -0.39 is 6.17 Å². The molecule has 0 aromatic rings. The second-order valence-corrected chi connectivity index (χ2v) is 8.26. The molecule has 3 heterocycles. The number of likely N-dealkylation sites (N-methyl/N-ethyl adjacent to an activating group) is 2. The lowest BCUT2D eigenvalue weighted by molar-refractivity contribution is -0.114. The molecule has 1 N–H and O–H groups in total. The minimum absolute atomic E-state index is 0.0468. The zero-order chi connectivity index (χ0) is 21.0. The first-order valence-electron chi connectivity index (χ1n) is 10.6. The number of nitrogens with zero attached hydrogens (tertiary/aromatic N) is 3. The van der Waals surface area contributed by atoms with Crippen molar-refractivity contribution in [3.63, 3.8) is 0 Å². The van der Waals surface area contributed by atoms with E-state index in [2.05, 4.69) is 54.2 Å². The van der Waals surface area contributed by atoms with Gasteiger partial charge in [-0.05, 0) is 58.4 Å². The van der Waals surface area contributed by atoms with Crippen molar-refractivity contribution in [2.75, 3.05) is 40.3 Å². The molecule has 0 aliphatic carbocycles. The van der Waals surface area contributed by atoms with Crippen LogP contribution in [0.2, 0.25) is 0 Å². The second-order valence-electron chi connectivity index (χ2n) is 8.26. The van der Waals surface area contributed by atoms with Crippen LogP contribution in [0.5, 0.6) is 0 Å². The average molecular weight is 403 g/mol. The minimum Gasteiger partial charge on any atom is -0.388 e. The highest BCUT2D eigenvalue weighted by molar-refractivity contribution is 5.46. The molecule has 0 radical (unpaired) electrons. The summed E-state index contributed by atoms with van der Waals surface area (Å²) in [6.45, 7) is 9.46. The fourth-order valence-electron chi connectivity index (χ4n) is 4.04. The van der Waals surface area contributed by atoms with Crippen molar-refractivity contribution in [1.29, 1.82) is 0 Å². The molecule has 3 aliphatic rings. The SMILES string of the molecule is CNC1=CC(C)ON(C2=CCN(C)C(C)=C2/C=C(\C)CN2CCCC(F)C2)C=C1. The van der Waals surface area contributed by atoms with E-state index in [1.54, 1.807) is 0 Å². The van der Waals surface area contributed by atoms with Gasteiger partial charge in [-0.3, -0.25) is 9.74 Å². The Bertz CT molecular complexity index is 752. The van der Waals surface area contributed by atoms with Crippen LogP contribution in [0.1, 0.15) is 33.6 Å². The first-order chi connectivity index (χ1) is 13.9. The Kier molecular flexibility index (Phi) is 7.19. The molecule has 0 amide bonds. The third kappa shape index (κ3) is 5.52. The molecule has 29 heavy (non-hydrogen) atoms. The fraction of sp³-hybridized carbons (Fsp3) is 0.565. The van der Waals surface area contributed by atoms with E-state index in [1.807, 2.05) is 31.3 Å². The molecular weight excluding hydrogens is 367 g/mol. The summed E-state index contributed by atoms with van der Waals surface area (Å²) < 4.78 is 13.8. The summed E-state index contributed by atoms with van der Waals surface area (Å²) in [6, 6.07) is 0. The predicted molar refractivity (Wildman–Crippen MR) is 116 cm³/mol. The van der Waals surface area contributed by atoms with Gasteiger partial charge in [0.15, 0.2) is 0 Å². The molecule has 0 aromatic carbocycles. The number of hydrogen-bond donors (Lipinski definition) is 1. The van der Waals surface area contributed by atoms with Crippen molar-refractivity contribution >= 4 is 0 Å². The van der Waals surface area contributed by atoms with Gasteiger partial charge in [-0.15, -0.1) is 0 Å². The maximum Gasteiger partial charge on any atom is 0.113 e. The monoisotopic (exact) mass is 402 g/mol. The van der Waals surface area contributed by atoms with Gasteiger partial charge in [-0.25, -0.2) is 9.45 Å². The van der Waals surface area contributed by atoms with Crippen molar-refractivity contribution in [1.82, 2.24) is 20.2 Å².